The first-order valence-corrected chi connectivity index (χ1v) is 19.7. The number of ether oxygens (including phenoxy) is 1. The van der Waals surface area contributed by atoms with E-state index in [9.17, 15) is 9.90 Å². The number of hydrogen-bond donors (Lipinski definition) is 1. The van der Waals surface area contributed by atoms with Crippen LogP contribution in [0.15, 0.2) is 54.6 Å². The summed E-state index contributed by atoms with van der Waals surface area (Å²) in [7, 11) is 0. The zero-order valence-electron chi connectivity index (χ0n) is 29.8. The number of benzene rings is 2. The van der Waals surface area contributed by atoms with Crippen molar-refractivity contribution in [3.63, 3.8) is 0 Å². The van der Waals surface area contributed by atoms with E-state index in [1.807, 2.05) is 30.3 Å². The van der Waals surface area contributed by atoms with Gasteiger partial charge in [-0.3, -0.25) is 4.79 Å². The average Bonchev–Trinajstić information content (AvgIpc) is 3.08. The topological polar surface area (TPSA) is 46.5 Å². The first kappa shape index (κ1) is 39.9. The molecule has 0 aromatic heterocycles. The van der Waals surface area contributed by atoms with Gasteiger partial charge in [0.05, 0.1) is 5.92 Å². The van der Waals surface area contributed by atoms with Gasteiger partial charge in [0, 0.05) is 0 Å². The molecule has 1 unspecified atom stereocenters. The summed E-state index contributed by atoms with van der Waals surface area (Å²) in [6.45, 7) is 2.85. The second-order valence-corrected chi connectivity index (χ2v) is 13.9. The third-order valence-electron chi connectivity index (χ3n) is 9.71. The van der Waals surface area contributed by atoms with Crippen molar-refractivity contribution in [1.82, 2.24) is 0 Å². The first-order chi connectivity index (χ1) is 22.7. The Bertz CT molecular complexity index is 938. The maximum atomic E-state index is 11.8. The van der Waals surface area contributed by atoms with Crippen molar-refractivity contribution in [1.29, 1.82) is 0 Å². The summed E-state index contributed by atoms with van der Waals surface area (Å²) in [5, 5.41) is 9.74. The Hall–Kier alpha value is -2.29. The zero-order valence-corrected chi connectivity index (χ0v) is 29.8. The van der Waals surface area contributed by atoms with Crippen LogP contribution in [0.5, 0.6) is 5.75 Å². The average molecular weight is 635 g/mol. The number of hydrogen-bond acceptors (Lipinski definition) is 2. The predicted octanol–water partition coefficient (Wildman–Crippen LogP) is 13.7. The molecule has 3 heteroatoms. The molecule has 0 radical (unpaired) electrons. The monoisotopic (exact) mass is 635 g/mol. The van der Waals surface area contributed by atoms with Gasteiger partial charge in [0.15, 0.2) is 0 Å². The smallest absolute Gasteiger partial charge is 0.306 e. The minimum Gasteiger partial charge on any atom is -0.489 e. The molecule has 260 valence electrons. The molecule has 3 nitrogen and oxygen atoms in total. The molecule has 0 bridgehead atoms. The molecule has 0 saturated carbocycles. The van der Waals surface area contributed by atoms with Crippen molar-refractivity contribution in [2.24, 2.45) is 5.92 Å². The molecule has 0 aliphatic heterocycles. The summed E-state index contributed by atoms with van der Waals surface area (Å²) in [5.74, 6) is -0.0340. The molecule has 1 atom stereocenters. The van der Waals surface area contributed by atoms with Crippen LogP contribution in [0.3, 0.4) is 0 Å². The second kappa shape index (κ2) is 28.9. The molecule has 0 amide bonds. The molecule has 2 rings (SSSR count). The summed E-state index contributed by atoms with van der Waals surface area (Å²) in [5.41, 5.74) is 2.33. The van der Waals surface area contributed by atoms with E-state index in [-0.39, 0.29) is 5.92 Å². The van der Waals surface area contributed by atoms with Crippen molar-refractivity contribution >= 4 is 5.97 Å². The summed E-state index contributed by atoms with van der Waals surface area (Å²) in [6, 6.07) is 18.3. The van der Waals surface area contributed by atoms with Gasteiger partial charge in [0.1, 0.15) is 12.4 Å². The zero-order chi connectivity index (χ0) is 32.8. The molecular weight excluding hydrogens is 564 g/mol. The van der Waals surface area contributed by atoms with Gasteiger partial charge in [-0.25, -0.2) is 0 Å². The van der Waals surface area contributed by atoms with Crippen molar-refractivity contribution < 1.29 is 14.6 Å². The highest BCUT2D eigenvalue weighted by atomic mass is 16.5. The van der Waals surface area contributed by atoms with E-state index in [2.05, 4.69) is 31.2 Å². The number of aliphatic carboxylic acids is 1. The highest BCUT2D eigenvalue weighted by Crippen LogP contribution is 2.21. The lowest BCUT2D eigenvalue weighted by atomic mass is 9.93. The van der Waals surface area contributed by atoms with Gasteiger partial charge in [-0.05, 0) is 42.5 Å². The molecule has 2 aromatic carbocycles. The van der Waals surface area contributed by atoms with Gasteiger partial charge >= 0.3 is 5.97 Å². The standard InChI is InChI=1S/C43H70O3/c1-2-3-4-5-6-7-8-9-10-11-12-13-14-15-16-17-18-19-20-21-22-23-24-28-31-41(43(44)45)35-32-39-33-36-42(37-34-39)46-38-40-29-26-25-27-30-40/h25-27,29-30,33-34,36-37,41H,2-24,28,31-32,35,38H2,1H3,(H,44,45). The van der Waals surface area contributed by atoms with E-state index in [4.69, 9.17) is 4.74 Å². The number of carboxylic acid groups (broad SMARTS) is 1. The summed E-state index contributed by atoms with van der Waals surface area (Å²) < 4.78 is 5.87. The largest absolute Gasteiger partial charge is 0.489 e. The maximum Gasteiger partial charge on any atom is 0.306 e. The fourth-order valence-electron chi connectivity index (χ4n) is 6.58. The third-order valence-corrected chi connectivity index (χ3v) is 9.71. The number of unbranched alkanes of at least 4 members (excludes halogenated alkanes) is 23. The number of carboxylic acids is 1. The number of carbonyl (C=O) groups is 1. The summed E-state index contributed by atoms with van der Waals surface area (Å²) in [6.07, 6.45) is 35.6. The van der Waals surface area contributed by atoms with Crippen molar-refractivity contribution in [3.05, 3.63) is 65.7 Å². The molecule has 0 aliphatic carbocycles. The Labute approximate surface area is 284 Å². The Balaban J connectivity index is 1.33. The number of rotatable bonds is 32. The van der Waals surface area contributed by atoms with E-state index in [1.165, 1.54) is 147 Å². The lowest BCUT2D eigenvalue weighted by Gasteiger charge is -2.13. The van der Waals surface area contributed by atoms with Crippen LogP contribution in [-0.4, -0.2) is 11.1 Å². The first-order valence-electron chi connectivity index (χ1n) is 19.7. The Morgan fingerprint density at radius 1 is 0.522 bits per heavy atom. The highest BCUT2D eigenvalue weighted by molar-refractivity contribution is 5.69. The fourth-order valence-corrected chi connectivity index (χ4v) is 6.58. The lowest BCUT2D eigenvalue weighted by molar-refractivity contribution is -0.142. The van der Waals surface area contributed by atoms with E-state index in [0.717, 1.165) is 37.0 Å². The van der Waals surface area contributed by atoms with Crippen LogP contribution in [0.1, 0.15) is 185 Å². The van der Waals surface area contributed by atoms with Crippen molar-refractivity contribution in [3.8, 4) is 5.75 Å². The SMILES string of the molecule is CCCCCCCCCCCCCCCCCCCCCCCCCCC(CCc1ccc(OCc2ccccc2)cc1)C(=O)O. The molecule has 0 heterocycles. The normalized spacial score (nSPS) is 11.9. The lowest BCUT2D eigenvalue weighted by Crippen LogP contribution is -2.14. The minimum absolute atomic E-state index is 0.242. The second-order valence-electron chi connectivity index (χ2n) is 13.9. The third kappa shape index (κ3) is 22.3. The van der Waals surface area contributed by atoms with Gasteiger partial charge in [0.25, 0.3) is 0 Å². The molecule has 0 aliphatic rings. The van der Waals surface area contributed by atoms with Gasteiger partial charge < -0.3 is 9.84 Å². The van der Waals surface area contributed by atoms with E-state index < -0.39 is 5.97 Å². The van der Waals surface area contributed by atoms with Gasteiger partial charge in [-0.2, -0.15) is 0 Å². The van der Waals surface area contributed by atoms with Crippen LogP contribution in [0.4, 0.5) is 0 Å². The Kier molecular flexibility index (Phi) is 25.1. The fraction of sp³-hybridized carbons (Fsp3) is 0.698. The van der Waals surface area contributed by atoms with Crippen LogP contribution >= 0.6 is 0 Å². The van der Waals surface area contributed by atoms with Crippen molar-refractivity contribution in [2.45, 2.75) is 187 Å². The molecule has 2 aromatic rings. The molecule has 46 heavy (non-hydrogen) atoms. The van der Waals surface area contributed by atoms with Crippen LogP contribution in [0, 0.1) is 5.92 Å². The van der Waals surface area contributed by atoms with E-state index in [0.29, 0.717) is 13.0 Å². The molecular formula is C43H70O3. The van der Waals surface area contributed by atoms with Gasteiger partial charge in [0.2, 0.25) is 0 Å². The van der Waals surface area contributed by atoms with Crippen LogP contribution in [0.25, 0.3) is 0 Å². The molecule has 0 fully saturated rings. The minimum atomic E-state index is -0.642. The van der Waals surface area contributed by atoms with Crippen LogP contribution in [0.2, 0.25) is 0 Å². The predicted molar refractivity (Wildman–Crippen MR) is 198 cm³/mol. The van der Waals surface area contributed by atoms with Crippen molar-refractivity contribution in [2.75, 3.05) is 0 Å². The van der Waals surface area contributed by atoms with Gasteiger partial charge in [-0.1, -0.05) is 203 Å². The summed E-state index contributed by atoms with van der Waals surface area (Å²) >= 11 is 0. The molecule has 1 N–H and O–H groups in total. The number of aryl methyl sites for hydroxylation is 1. The van der Waals surface area contributed by atoms with Gasteiger partial charge in [-0.15, -0.1) is 0 Å². The quantitative estimate of drug-likeness (QED) is 0.0815. The molecule has 0 spiro atoms. The van der Waals surface area contributed by atoms with E-state index in [1.54, 1.807) is 0 Å². The van der Waals surface area contributed by atoms with Crippen LogP contribution < -0.4 is 4.74 Å². The Morgan fingerprint density at radius 3 is 1.35 bits per heavy atom. The van der Waals surface area contributed by atoms with E-state index >= 15 is 0 Å². The van der Waals surface area contributed by atoms with Crippen LogP contribution in [-0.2, 0) is 17.8 Å². The highest BCUT2D eigenvalue weighted by Gasteiger charge is 2.16. The Morgan fingerprint density at radius 2 is 0.935 bits per heavy atom. The maximum absolute atomic E-state index is 11.8. The summed E-state index contributed by atoms with van der Waals surface area (Å²) in [4.78, 5) is 11.8. The molecule has 0 saturated heterocycles.